The van der Waals surface area contributed by atoms with Gasteiger partial charge in [0.05, 0.1) is 7.11 Å². The number of ether oxygens (including phenoxy) is 1. The molecule has 0 unspecified atom stereocenters. The number of nitrogens with two attached hydrogens (primary N) is 1. The van der Waals surface area contributed by atoms with Crippen LogP contribution in [0.5, 0.6) is 5.75 Å². The van der Waals surface area contributed by atoms with Crippen LogP contribution in [0.1, 0.15) is 42.5 Å². The van der Waals surface area contributed by atoms with Gasteiger partial charge in [0.15, 0.2) is 0 Å². The van der Waals surface area contributed by atoms with Gasteiger partial charge in [-0.1, -0.05) is 25.5 Å². The Morgan fingerprint density at radius 3 is 2.12 bits per heavy atom. The van der Waals surface area contributed by atoms with Crippen molar-refractivity contribution in [1.82, 2.24) is 0 Å². The Balaban J connectivity index is 0.00000225. The molecule has 16 heavy (non-hydrogen) atoms. The highest BCUT2D eigenvalue weighted by Crippen LogP contribution is 2.27. The van der Waals surface area contributed by atoms with Crippen molar-refractivity contribution in [3.63, 3.8) is 0 Å². The molecule has 0 fully saturated rings. The van der Waals surface area contributed by atoms with Gasteiger partial charge >= 0.3 is 0 Å². The fourth-order valence-corrected chi connectivity index (χ4v) is 2.00. The SMILES string of the molecule is CCC[C@H](N)c1cc(C)c(OC)c(C)c1.Cl. The maximum Gasteiger partial charge on any atom is 0.124 e. The molecule has 0 aromatic heterocycles. The van der Waals surface area contributed by atoms with Crippen LogP contribution >= 0.6 is 12.4 Å². The zero-order chi connectivity index (χ0) is 11.4. The molecule has 1 atom stereocenters. The summed E-state index contributed by atoms with van der Waals surface area (Å²) in [4.78, 5) is 0. The predicted octanol–water partition coefficient (Wildman–Crippen LogP) is 3.53. The molecule has 0 heterocycles. The molecule has 0 saturated heterocycles. The third kappa shape index (κ3) is 3.39. The number of benzene rings is 1. The molecule has 1 rings (SSSR count). The lowest BCUT2D eigenvalue weighted by Gasteiger charge is -2.15. The highest BCUT2D eigenvalue weighted by Gasteiger charge is 2.09. The molecular weight excluding hydrogens is 222 g/mol. The van der Waals surface area contributed by atoms with E-state index in [-0.39, 0.29) is 18.4 Å². The fraction of sp³-hybridized carbons (Fsp3) is 0.538. The molecule has 2 N–H and O–H groups in total. The van der Waals surface area contributed by atoms with Crippen LogP contribution in [-0.2, 0) is 0 Å². The first-order valence-electron chi connectivity index (χ1n) is 5.50. The van der Waals surface area contributed by atoms with Crippen molar-refractivity contribution in [1.29, 1.82) is 0 Å². The summed E-state index contributed by atoms with van der Waals surface area (Å²) in [5.74, 6) is 0.974. The van der Waals surface area contributed by atoms with Gasteiger partial charge in [0.2, 0.25) is 0 Å². The average molecular weight is 244 g/mol. The van der Waals surface area contributed by atoms with Gasteiger partial charge in [-0.25, -0.2) is 0 Å². The summed E-state index contributed by atoms with van der Waals surface area (Å²) in [6.07, 6.45) is 2.15. The number of hydrogen-bond donors (Lipinski definition) is 1. The van der Waals surface area contributed by atoms with E-state index in [4.69, 9.17) is 10.5 Å². The zero-order valence-electron chi connectivity index (χ0n) is 10.5. The van der Waals surface area contributed by atoms with E-state index in [1.807, 2.05) is 0 Å². The molecule has 2 nitrogen and oxygen atoms in total. The maximum absolute atomic E-state index is 6.09. The molecule has 0 aliphatic rings. The van der Waals surface area contributed by atoms with E-state index >= 15 is 0 Å². The summed E-state index contributed by atoms with van der Waals surface area (Å²) in [6, 6.07) is 4.41. The van der Waals surface area contributed by atoms with Crippen molar-refractivity contribution in [3.8, 4) is 5.75 Å². The van der Waals surface area contributed by atoms with Crippen LogP contribution in [0.4, 0.5) is 0 Å². The quantitative estimate of drug-likeness (QED) is 0.878. The van der Waals surface area contributed by atoms with Gasteiger partial charge in [-0.2, -0.15) is 0 Å². The molecule has 0 aliphatic carbocycles. The lowest BCUT2D eigenvalue weighted by atomic mass is 9.98. The molecule has 0 radical (unpaired) electrons. The minimum absolute atomic E-state index is 0. The number of methoxy groups -OCH3 is 1. The van der Waals surface area contributed by atoms with Crippen LogP contribution in [0.25, 0.3) is 0 Å². The molecule has 1 aromatic carbocycles. The minimum Gasteiger partial charge on any atom is -0.496 e. The minimum atomic E-state index is 0. The van der Waals surface area contributed by atoms with Gasteiger partial charge < -0.3 is 10.5 Å². The van der Waals surface area contributed by atoms with E-state index in [0.29, 0.717) is 0 Å². The Morgan fingerprint density at radius 2 is 1.75 bits per heavy atom. The summed E-state index contributed by atoms with van der Waals surface area (Å²) in [7, 11) is 1.71. The van der Waals surface area contributed by atoms with Crippen molar-refractivity contribution in [2.45, 2.75) is 39.7 Å². The van der Waals surface area contributed by atoms with Crippen LogP contribution < -0.4 is 10.5 Å². The molecule has 3 heteroatoms. The summed E-state index contributed by atoms with van der Waals surface area (Å²) < 4.78 is 5.33. The van der Waals surface area contributed by atoms with Crippen LogP contribution in [0.2, 0.25) is 0 Å². The summed E-state index contributed by atoms with van der Waals surface area (Å²) in [5, 5.41) is 0. The van der Waals surface area contributed by atoms with Crippen LogP contribution in [-0.4, -0.2) is 7.11 Å². The number of rotatable bonds is 4. The monoisotopic (exact) mass is 243 g/mol. The molecule has 1 aromatic rings. The first kappa shape index (κ1) is 15.3. The van der Waals surface area contributed by atoms with E-state index in [1.165, 1.54) is 16.7 Å². The van der Waals surface area contributed by atoms with E-state index in [0.717, 1.165) is 18.6 Å². The highest BCUT2D eigenvalue weighted by atomic mass is 35.5. The number of hydrogen-bond acceptors (Lipinski definition) is 2. The number of halogens is 1. The molecule has 0 bridgehead atoms. The Bertz CT molecular complexity index is 316. The molecular formula is C13H22ClNO. The Hall–Kier alpha value is -0.730. The molecule has 0 spiro atoms. The van der Waals surface area contributed by atoms with Crippen molar-refractivity contribution in [2.24, 2.45) is 5.73 Å². The lowest BCUT2D eigenvalue weighted by molar-refractivity contribution is 0.408. The first-order chi connectivity index (χ1) is 7.10. The van der Waals surface area contributed by atoms with E-state index < -0.39 is 0 Å². The number of aryl methyl sites for hydroxylation is 2. The first-order valence-corrected chi connectivity index (χ1v) is 5.50. The molecule has 92 valence electrons. The summed E-state index contributed by atoms with van der Waals surface area (Å²) in [6.45, 7) is 6.28. The van der Waals surface area contributed by atoms with Gasteiger partial charge in [-0.3, -0.25) is 0 Å². The second-order valence-electron chi connectivity index (χ2n) is 4.08. The largest absolute Gasteiger partial charge is 0.496 e. The van der Waals surface area contributed by atoms with Gasteiger partial charge in [0.25, 0.3) is 0 Å². The zero-order valence-corrected chi connectivity index (χ0v) is 11.4. The predicted molar refractivity (Wildman–Crippen MR) is 71.6 cm³/mol. The summed E-state index contributed by atoms with van der Waals surface area (Å²) in [5.41, 5.74) is 9.64. The van der Waals surface area contributed by atoms with Crippen LogP contribution in [0, 0.1) is 13.8 Å². The van der Waals surface area contributed by atoms with Crippen LogP contribution in [0.15, 0.2) is 12.1 Å². The van der Waals surface area contributed by atoms with E-state index in [9.17, 15) is 0 Å². The normalized spacial score (nSPS) is 11.8. The molecule has 0 saturated carbocycles. The Kier molecular flexibility index (Phi) is 6.46. The fourth-order valence-electron chi connectivity index (χ4n) is 2.00. The van der Waals surface area contributed by atoms with Crippen molar-refractivity contribution < 1.29 is 4.74 Å². The smallest absolute Gasteiger partial charge is 0.124 e. The second-order valence-corrected chi connectivity index (χ2v) is 4.08. The molecule has 0 amide bonds. The van der Waals surface area contributed by atoms with Gasteiger partial charge in [-0.05, 0) is 37.0 Å². The summed E-state index contributed by atoms with van der Waals surface area (Å²) >= 11 is 0. The Labute approximate surface area is 105 Å². The van der Waals surface area contributed by atoms with Crippen molar-refractivity contribution in [2.75, 3.05) is 7.11 Å². The lowest BCUT2D eigenvalue weighted by Crippen LogP contribution is -2.10. The average Bonchev–Trinajstić information content (AvgIpc) is 2.17. The van der Waals surface area contributed by atoms with Crippen LogP contribution in [0.3, 0.4) is 0 Å². The van der Waals surface area contributed by atoms with E-state index in [1.54, 1.807) is 7.11 Å². The highest BCUT2D eigenvalue weighted by molar-refractivity contribution is 5.85. The van der Waals surface area contributed by atoms with Gasteiger partial charge in [0.1, 0.15) is 5.75 Å². The third-order valence-corrected chi connectivity index (χ3v) is 2.71. The third-order valence-electron chi connectivity index (χ3n) is 2.71. The topological polar surface area (TPSA) is 35.2 Å². The second kappa shape index (κ2) is 6.77. The standard InChI is InChI=1S/C13H21NO.ClH/c1-5-6-12(14)11-7-9(2)13(15-4)10(3)8-11;/h7-8,12H,5-6,14H2,1-4H3;1H/t12-;/m0./s1. The van der Waals surface area contributed by atoms with Crippen molar-refractivity contribution >= 4 is 12.4 Å². The van der Waals surface area contributed by atoms with E-state index in [2.05, 4.69) is 32.9 Å². The van der Waals surface area contributed by atoms with Crippen molar-refractivity contribution in [3.05, 3.63) is 28.8 Å². The van der Waals surface area contributed by atoms with Gasteiger partial charge in [-0.15, -0.1) is 12.4 Å². The maximum atomic E-state index is 6.09. The van der Waals surface area contributed by atoms with Gasteiger partial charge in [0, 0.05) is 6.04 Å². The molecule has 0 aliphatic heterocycles. The Morgan fingerprint density at radius 1 is 1.25 bits per heavy atom.